The Kier molecular flexibility index (Phi) is 4.98. The molecule has 1 amide bonds. The Labute approximate surface area is 173 Å². The summed E-state index contributed by atoms with van der Waals surface area (Å²) >= 11 is 0. The minimum absolute atomic E-state index is 0.0204. The second-order valence-electron chi connectivity index (χ2n) is 7.32. The summed E-state index contributed by atoms with van der Waals surface area (Å²) < 4.78 is 35.6. The highest BCUT2D eigenvalue weighted by molar-refractivity contribution is 7.89. The zero-order valence-corrected chi connectivity index (χ0v) is 17.2. The maximum absolute atomic E-state index is 12.2. The number of hydrogen-bond acceptors (Lipinski definition) is 7. The topological polar surface area (TPSA) is 137 Å². The Morgan fingerprint density at radius 1 is 1.33 bits per heavy atom. The van der Waals surface area contributed by atoms with E-state index in [1.54, 1.807) is 38.6 Å². The highest BCUT2D eigenvalue weighted by Crippen LogP contribution is 2.43. The fraction of sp³-hybridized carbons (Fsp3) is 0.316. The molecule has 0 spiro atoms. The Morgan fingerprint density at radius 2 is 2.10 bits per heavy atom. The number of hydrogen-bond donors (Lipinski definition) is 3. The third kappa shape index (κ3) is 4.01. The van der Waals surface area contributed by atoms with Crippen molar-refractivity contribution in [3.63, 3.8) is 0 Å². The second-order valence-corrected chi connectivity index (χ2v) is 8.66. The SMILES string of the molecule is CN(C)C(=O)c1cccc(NC2=NS(=O)(=O)NC2=NC(c2ccco2)C2CC2)c1O. The first-order valence-corrected chi connectivity index (χ1v) is 10.7. The number of aromatic hydroxyl groups is 1. The number of nitrogens with one attached hydrogen (secondary N) is 2. The van der Waals surface area contributed by atoms with Crippen LogP contribution in [-0.2, 0) is 10.2 Å². The predicted octanol–water partition coefficient (Wildman–Crippen LogP) is 1.90. The van der Waals surface area contributed by atoms with Crippen molar-refractivity contribution in [2.45, 2.75) is 18.9 Å². The number of aliphatic imine (C=N–C) groups is 1. The number of amidine groups is 2. The molecule has 2 aliphatic rings. The maximum atomic E-state index is 12.2. The van der Waals surface area contributed by atoms with Crippen molar-refractivity contribution in [2.24, 2.45) is 15.3 Å². The van der Waals surface area contributed by atoms with Gasteiger partial charge in [0, 0.05) is 14.1 Å². The lowest BCUT2D eigenvalue weighted by Gasteiger charge is -2.15. The smallest absolute Gasteiger partial charge is 0.345 e. The van der Waals surface area contributed by atoms with Gasteiger partial charge in [0.2, 0.25) is 0 Å². The molecule has 3 N–H and O–H groups in total. The van der Waals surface area contributed by atoms with Gasteiger partial charge in [-0.25, -0.2) is 4.72 Å². The van der Waals surface area contributed by atoms with Gasteiger partial charge in [0.05, 0.1) is 17.5 Å². The zero-order chi connectivity index (χ0) is 21.5. The van der Waals surface area contributed by atoms with Crippen molar-refractivity contribution >= 4 is 33.5 Å². The van der Waals surface area contributed by atoms with Crippen LogP contribution in [0.5, 0.6) is 5.75 Å². The second kappa shape index (κ2) is 7.48. The predicted molar refractivity (Wildman–Crippen MR) is 111 cm³/mol. The summed E-state index contributed by atoms with van der Waals surface area (Å²) in [6.45, 7) is 0. The van der Waals surface area contributed by atoms with E-state index in [1.165, 1.54) is 17.0 Å². The summed E-state index contributed by atoms with van der Waals surface area (Å²) in [6.07, 6.45) is 3.47. The number of furan rings is 1. The van der Waals surface area contributed by atoms with Crippen LogP contribution in [0.3, 0.4) is 0 Å². The molecule has 1 fully saturated rings. The molecule has 4 rings (SSSR count). The van der Waals surface area contributed by atoms with Crippen molar-refractivity contribution in [2.75, 3.05) is 19.4 Å². The van der Waals surface area contributed by atoms with Gasteiger partial charge in [-0.05, 0) is 43.0 Å². The molecule has 158 valence electrons. The van der Waals surface area contributed by atoms with Crippen LogP contribution in [0.15, 0.2) is 50.4 Å². The lowest BCUT2D eigenvalue weighted by molar-refractivity contribution is 0.0824. The highest BCUT2D eigenvalue weighted by atomic mass is 32.2. The van der Waals surface area contributed by atoms with Crippen LogP contribution in [0.4, 0.5) is 5.69 Å². The molecule has 1 saturated carbocycles. The van der Waals surface area contributed by atoms with Gasteiger partial charge in [-0.1, -0.05) is 6.07 Å². The fourth-order valence-electron chi connectivity index (χ4n) is 3.12. The van der Waals surface area contributed by atoms with Crippen LogP contribution >= 0.6 is 0 Å². The molecule has 1 atom stereocenters. The number of anilines is 1. The Bertz CT molecular complexity index is 1130. The molecular weight excluding hydrogens is 410 g/mol. The van der Waals surface area contributed by atoms with E-state index in [4.69, 9.17) is 4.42 Å². The molecular formula is C19H21N5O5S. The van der Waals surface area contributed by atoms with E-state index in [0.29, 0.717) is 5.76 Å². The van der Waals surface area contributed by atoms with Crippen LogP contribution in [0.1, 0.15) is 35.0 Å². The molecule has 11 heteroatoms. The van der Waals surface area contributed by atoms with Gasteiger partial charge >= 0.3 is 10.2 Å². The Morgan fingerprint density at radius 3 is 2.73 bits per heavy atom. The van der Waals surface area contributed by atoms with Crippen molar-refractivity contribution in [3.8, 4) is 5.75 Å². The highest BCUT2D eigenvalue weighted by Gasteiger charge is 2.36. The third-order valence-electron chi connectivity index (χ3n) is 4.76. The fourth-order valence-corrected chi connectivity index (χ4v) is 3.94. The summed E-state index contributed by atoms with van der Waals surface area (Å²) in [5, 5.41) is 13.3. The van der Waals surface area contributed by atoms with Crippen LogP contribution in [0.2, 0.25) is 0 Å². The van der Waals surface area contributed by atoms with Gasteiger partial charge in [0.15, 0.2) is 17.4 Å². The molecule has 10 nitrogen and oxygen atoms in total. The van der Waals surface area contributed by atoms with Crippen LogP contribution in [0.25, 0.3) is 0 Å². The maximum Gasteiger partial charge on any atom is 0.345 e. The van der Waals surface area contributed by atoms with Crippen molar-refractivity contribution in [1.82, 2.24) is 9.62 Å². The summed E-state index contributed by atoms with van der Waals surface area (Å²) in [7, 11) is -0.847. The lowest BCUT2D eigenvalue weighted by atomic mass is 10.1. The number of carbonyl (C=O) groups excluding carboxylic acids is 1. The van der Waals surface area contributed by atoms with Crippen molar-refractivity contribution in [1.29, 1.82) is 0 Å². The van der Waals surface area contributed by atoms with E-state index in [0.717, 1.165) is 12.8 Å². The van der Waals surface area contributed by atoms with Crippen LogP contribution in [0, 0.1) is 5.92 Å². The number of phenols is 1. The van der Waals surface area contributed by atoms with Crippen LogP contribution in [-0.4, -0.2) is 50.1 Å². The van der Waals surface area contributed by atoms with E-state index in [2.05, 4.69) is 19.4 Å². The standard InChI is InChI=1S/C19H21N5O5S/c1-24(2)19(26)12-5-3-6-13(16(12)25)20-17-18(23-30(27,28)22-17)21-15(11-8-9-11)14-7-4-10-29-14/h3-7,10-11,15,25H,8-9H2,1-2H3,(H,20,22)(H,21,23). The Hall–Kier alpha value is -3.34. The first-order chi connectivity index (χ1) is 14.2. The van der Waals surface area contributed by atoms with E-state index in [1.807, 2.05) is 0 Å². The third-order valence-corrected chi connectivity index (χ3v) is 5.63. The van der Waals surface area contributed by atoms with E-state index in [-0.39, 0.29) is 40.6 Å². The van der Waals surface area contributed by atoms with Crippen LogP contribution < -0.4 is 10.0 Å². The van der Waals surface area contributed by atoms with E-state index < -0.39 is 16.1 Å². The summed E-state index contributed by atoms with van der Waals surface area (Å²) in [6, 6.07) is 7.76. The lowest BCUT2D eigenvalue weighted by Crippen LogP contribution is -2.31. The van der Waals surface area contributed by atoms with Gasteiger partial charge in [-0.3, -0.25) is 9.79 Å². The first kappa shape index (κ1) is 20.0. The quantitative estimate of drug-likeness (QED) is 0.619. The van der Waals surface area contributed by atoms with Gasteiger partial charge in [-0.15, -0.1) is 4.40 Å². The number of carbonyl (C=O) groups is 1. The van der Waals surface area contributed by atoms with Gasteiger partial charge in [-0.2, -0.15) is 8.42 Å². The van der Waals surface area contributed by atoms with E-state index >= 15 is 0 Å². The molecule has 0 bridgehead atoms. The number of nitrogens with zero attached hydrogens (tertiary/aromatic N) is 3. The minimum Gasteiger partial charge on any atom is -0.505 e. The summed E-state index contributed by atoms with van der Waals surface area (Å²) in [5.41, 5.74) is 0.207. The molecule has 1 aromatic heterocycles. The largest absolute Gasteiger partial charge is 0.505 e. The zero-order valence-electron chi connectivity index (χ0n) is 16.4. The average molecular weight is 431 g/mol. The molecule has 1 aromatic carbocycles. The molecule has 0 saturated heterocycles. The Balaban J connectivity index is 1.67. The van der Waals surface area contributed by atoms with Gasteiger partial charge < -0.3 is 19.7 Å². The number of phenolic OH excluding ortho intramolecular Hbond substituents is 1. The number of amides is 1. The molecule has 2 aromatic rings. The molecule has 2 heterocycles. The van der Waals surface area contributed by atoms with Crippen molar-refractivity contribution < 1.29 is 22.7 Å². The molecule has 0 radical (unpaired) electrons. The number of para-hydroxylation sites is 1. The number of rotatable bonds is 5. The molecule has 1 aliphatic heterocycles. The minimum atomic E-state index is -3.98. The van der Waals surface area contributed by atoms with Gasteiger partial charge in [0.25, 0.3) is 5.91 Å². The normalized spacial score (nSPS) is 19.8. The van der Waals surface area contributed by atoms with Crippen molar-refractivity contribution in [3.05, 3.63) is 47.9 Å². The average Bonchev–Trinajstić information content (AvgIpc) is 3.29. The number of benzene rings is 1. The summed E-state index contributed by atoms with van der Waals surface area (Å²) in [5.74, 6) is 0.133. The van der Waals surface area contributed by atoms with Gasteiger partial charge in [0.1, 0.15) is 11.8 Å². The van der Waals surface area contributed by atoms with E-state index in [9.17, 15) is 18.3 Å². The summed E-state index contributed by atoms with van der Waals surface area (Å²) in [4.78, 5) is 18.1. The molecule has 1 aliphatic carbocycles. The molecule has 30 heavy (non-hydrogen) atoms. The first-order valence-electron chi connectivity index (χ1n) is 9.30. The molecule has 1 unspecified atom stereocenters. The monoisotopic (exact) mass is 431 g/mol.